The van der Waals surface area contributed by atoms with E-state index in [1.807, 2.05) is 0 Å². The summed E-state index contributed by atoms with van der Waals surface area (Å²) in [6.45, 7) is 1.64. The Bertz CT molecular complexity index is 1560. The summed E-state index contributed by atoms with van der Waals surface area (Å²) in [5.41, 5.74) is 0.727. The maximum absolute atomic E-state index is 13.0. The van der Waals surface area contributed by atoms with Crippen LogP contribution in [0.5, 0.6) is 5.75 Å². The van der Waals surface area contributed by atoms with E-state index >= 15 is 0 Å². The summed E-state index contributed by atoms with van der Waals surface area (Å²) >= 11 is 0.684. The van der Waals surface area contributed by atoms with Crippen LogP contribution in [0.2, 0.25) is 0 Å². The molecule has 0 saturated carbocycles. The smallest absolute Gasteiger partial charge is 0.299 e. The van der Waals surface area contributed by atoms with Gasteiger partial charge in [0.2, 0.25) is 0 Å². The Morgan fingerprint density at radius 2 is 1.79 bits per heavy atom. The van der Waals surface area contributed by atoms with Gasteiger partial charge in [-0.15, -0.1) is 9.45 Å². The van der Waals surface area contributed by atoms with Crippen molar-refractivity contribution in [2.45, 2.75) is 16.7 Å². The predicted octanol–water partition coefficient (Wildman–Crippen LogP) is 4.42. The van der Waals surface area contributed by atoms with E-state index < -0.39 is 15.7 Å². The summed E-state index contributed by atoms with van der Waals surface area (Å²) in [6, 6.07) is 13.0. The molecule has 3 aromatic carbocycles. The van der Waals surface area contributed by atoms with Crippen molar-refractivity contribution in [3.8, 4) is 11.4 Å². The number of nitrogens with zero attached hydrogens (tertiary/aromatic N) is 3. The molecule has 0 fully saturated rings. The zero-order valence-electron chi connectivity index (χ0n) is 17.2. The van der Waals surface area contributed by atoms with Gasteiger partial charge in [-0.05, 0) is 66.9 Å². The van der Waals surface area contributed by atoms with Crippen LogP contribution in [-0.4, -0.2) is 33.1 Å². The third kappa shape index (κ3) is 4.86. The minimum absolute atomic E-state index is 0.0300. The van der Waals surface area contributed by atoms with Gasteiger partial charge in [-0.1, -0.05) is 5.04 Å². The first-order chi connectivity index (χ1) is 16.2. The van der Waals surface area contributed by atoms with Gasteiger partial charge in [0.25, 0.3) is 15.7 Å². The molecule has 176 valence electrons. The van der Waals surface area contributed by atoms with E-state index in [0.29, 0.717) is 39.1 Å². The molecule has 12 nitrogen and oxygen atoms in total. The predicted molar refractivity (Wildman–Crippen MR) is 121 cm³/mol. The molecule has 0 bridgehead atoms. The fraction of sp³-hybridized carbons (Fsp3) is 0.0500. The number of H-pyrrole nitrogens is 1. The monoisotopic (exact) mass is 504 g/mol. The zero-order chi connectivity index (χ0) is 24.5. The lowest BCUT2D eigenvalue weighted by molar-refractivity contribution is -0.432. The molecule has 0 atom stereocenters. The first kappa shape index (κ1) is 23.6. The summed E-state index contributed by atoms with van der Waals surface area (Å²) in [7, 11) is -4.33. The number of fused-ring (bicyclic) bond motifs is 1. The van der Waals surface area contributed by atoms with Crippen molar-refractivity contribution < 1.29 is 32.7 Å². The number of hydrogen-bond acceptors (Lipinski definition) is 10. The number of aromatic amines is 1. The number of aromatic hydroxyl groups is 1. The molecular weight excluding hydrogens is 488 g/mol. The quantitative estimate of drug-likeness (QED) is 0.0932. The van der Waals surface area contributed by atoms with Gasteiger partial charge in [-0.2, -0.15) is 13.5 Å². The maximum atomic E-state index is 13.0. The second-order valence-corrected chi connectivity index (χ2v) is 9.16. The molecule has 0 amide bonds. The van der Waals surface area contributed by atoms with Crippen LogP contribution in [0, 0.1) is 6.92 Å². The van der Waals surface area contributed by atoms with E-state index in [0.717, 1.165) is 0 Å². The number of benzene rings is 3. The second kappa shape index (κ2) is 9.38. The van der Waals surface area contributed by atoms with Gasteiger partial charge in [0.15, 0.2) is 5.69 Å². The van der Waals surface area contributed by atoms with E-state index in [4.69, 9.17) is 9.81 Å². The molecule has 0 aliphatic carbocycles. The van der Waals surface area contributed by atoms with E-state index in [2.05, 4.69) is 24.7 Å². The minimum atomic E-state index is -4.33. The maximum Gasteiger partial charge on any atom is 0.299 e. The molecular formula is C20H16N4O8S2. The van der Waals surface area contributed by atoms with Crippen LogP contribution >= 0.6 is 12.0 Å². The van der Waals surface area contributed by atoms with Crippen LogP contribution < -0.4 is 5.56 Å². The van der Waals surface area contributed by atoms with Gasteiger partial charge < -0.3 is 5.11 Å². The van der Waals surface area contributed by atoms with Crippen LogP contribution in [0.4, 0.5) is 11.4 Å². The van der Waals surface area contributed by atoms with E-state index in [9.17, 15) is 18.3 Å². The normalized spacial score (nSPS) is 12.1. The lowest BCUT2D eigenvalue weighted by Gasteiger charge is -2.07. The number of azo groups is 1. The Labute approximate surface area is 195 Å². The van der Waals surface area contributed by atoms with Gasteiger partial charge in [0, 0.05) is 10.3 Å². The zero-order valence-corrected chi connectivity index (χ0v) is 18.9. The topological polar surface area (TPSA) is 176 Å². The number of nitrogens with one attached hydrogen (secondary N) is 1. The van der Waals surface area contributed by atoms with Gasteiger partial charge in [0.05, 0.1) is 34.0 Å². The summed E-state index contributed by atoms with van der Waals surface area (Å²) in [6.07, 6.45) is 0. The summed E-state index contributed by atoms with van der Waals surface area (Å²) < 4.78 is 37.0. The Morgan fingerprint density at radius 1 is 1.06 bits per heavy atom. The Kier molecular flexibility index (Phi) is 6.52. The molecule has 0 spiro atoms. The van der Waals surface area contributed by atoms with Gasteiger partial charge in [-0.3, -0.25) is 14.4 Å². The van der Waals surface area contributed by atoms with Gasteiger partial charge in [-0.25, -0.2) is 9.94 Å². The summed E-state index contributed by atoms with van der Waals surface area (Å²) in [5.74, 6) is -0.0300. The highest BCUT2D eigenvalue weighted by Gasteiger charge is 2.14. The lowest BCUT2D eigenvalue weighted by Crippen LogP contribution is -2.13. The average molecular weight is 505 g/mol. The number of phenolic OH excluding ortho intramolecular Hbond substituents is 1. The highest BCUT2D eigenvalue weighted by molar-refractivity contribution is 7.94. The molecule has 4 rings (SSSR count). The largest absolute Gasteiger partial charge is 0.507 e. The highest BCUT2D eigenvalue weighted by atomic mass is 32.2. The van der Waals surface area contributed by atoms with Crippen molar-refractivity contribution in [3.63, 3.8) is 0 Å². The average Bonchev–Trinajstić information content (AvgIpc) is 3.08. The van der Waals surface area contributed by atoms with Crippen molar-refractivity contribution in [1.29, 1.82) is 0 Å². The second-order valence-electron chi connectivity index (χ2n) is 6.97. The fourth-order valence-corrected chi connectivity index (χ4v) is 4.11. The standard InChI is InChI=1S/C20H16N4O8S2/c1-11-19(22-21-13-2-5-16(6-3-13)34(28,29)30)20(26)24(23-11)14-4-7-17-12(8-14)9-15(10-18(17)25)33-32-31-27/h2-10,23,25,27H,1H3,(H,28,29,30). The third-order valence-electron chi connectivity index (χ3n) is 4.75. The van der Waals surface area contributed by atoms with Gasteiger partial charge in [0.1, 0.15) is 5.75 Å². The van der Waals surface area contributed by atoms with Crippen molar-refractivity contribution in [2.75, 3.05) is 0 Å². The summed E-state index contributed by atoms with van der Waals surface area (Å²) in [5, 5.41) is 34.1. The molecule has 0 unspecified atom stereocenters. The highest BCUT2D eigenvalue weighted by Crippen LogP contribution is 2.33. The van der Waals surface area contributed by atoms with Gasteiger partial charge >= 0.3 is 0 Å². The molecule has 0 radical (unpaired) electrons. The lowest BCUT2D eigenvalue weighted by atomic mass is 10.1. The van der Waals surface area contributed by atoms with Crippen LogP contribution in [0.3, 0.4) is 0 Å². The molecule has 0 saturated heterocycles. The van der Waals surface area contributed by atoms with Crippen LogP contribution in [0.15, 0.2) is 79.4 Å². The molecule has 1 heterocycles. The number of aromatic nitrogens is 2. The molecule has 34 heavy (non-hydrogen) atoms. The molecule has 4 aromatic rings. The number of hydrogen-bond donors (Lipinski definition) is 4. The Morgan fingerprint density at radius 3 is 2.47 bits per heavy atom. The third-order valence-corrected chi connectivity index (χ3v) is 6.17. The fourth-order valence-electron chi connectivity index (χ4n) is 3.18. The SMILES string of the molecule is Cc1[nH]n(-c2ccc3c(O)cc(SOOO)cc3c2)c(=O)c1N=Nc1ccc(S(=O)(=O)O)cc1. The molecule has 1 aromatic heterocycles. The van der Waals surface area contributed by atoms with Crippen LogP contribution in [-0.2, 0) is 19.5 Å². The van der Waals surface area contributed by atoms with E-state index in [-0.39, 0.29) is 22.0 Å². The molecule has 14 heteroatoms. The number of rotatable bonds is 7. The molecule has 0 aliphatic rings. The Hall–Kier alpha value is -3.53. The molecule has 0 aliphatic heterocycles. The van der Waals surface area contributed by atoms with Crippen LogP contribution in [0.25, 0.3) is 16.5 Å². The van der Waals surface area contributed by atoms with Crippen molar-refractivity contribution in [3.05, 3.63) is 70.6 Å². The van der Waals surface area contributed by atoms with Crippen LogP contribution in [0.1, 0.15) is 5.69 Å². The summed E-state index contributed by atoms with van der Waals surface area (Å²) in [4.78, 5) is 13.1. The van der Waals surface area contributed by atoms with E-state index in [1.54, 1.807) is 31.2 Å². The first-order valence-corrected chi connectivity index (χ1v) is 11.6. The van der Waals surface area contributed by atoms with Crippen molar-refractivity contribution in [1.82, 2.24) is 9.78 Å². The Balaban J connectivity index is 1.67. The molecule has 4 N–H and O–H groups in total. The van der Waals surface area contributed by atoms with E-state index in [1.165, 1.54) is 35.0 Å². The van der Waals surface area contributed by atoms with Crippen molar-refractivity contribution in [2.24, 2.45) is 10.2 Å². The number of phenols is 1. The first-order valence-electron chi connectivity index (χ1n) is 9.40. The number of aryl methyl sites for hydroxylation is 1. The van der Waals surface area contributed by atoms with Crippen molar-refractivity contribution >= 4 is 44.3 Å². The minimum Gasteiger partial charge on any atom is -0.507 e.